The number of carbonyl (C=O) groups excluding carboxylic acids is 1. The van der Waals surface area contributed by atoms with E-state index < -0.39 is 6.04 Å². The van der Waals surface area contributed by atoms with Gasteiger partial charge in [0.25, 0.3) is 0 Å². The van der Waals surface area contributed by atoms with Gasteiger partial charge in [0.1, 0.15) is 5.75 Å². The van der Waals surface area contributed by atoms with E-state index in [4.69, 9.17) is 26.8 Å². The quantitative estimate of drug-likeness (QED) is 0.842. The van der Waals surface area contributed by atoms with Gasteiger partial charge in [-0.25, -0.2) is 0 Å². The van der Waals surface area contributed by atoms with Gasteiger partial charge in [-0.1, -0.05) is 11.6 Å². The number of methoxy groups -OCH3 is 1. The van der Waals surface area contributed by atoms with Gasteiger partial charge >= 0.3 is 0 Å². The van der Waals surface area contributed by atoms with Crippen molar-refractivity contribution in [1.29, 1.82) is 0 Å². The second-order valence-corrected chi connectivity index (χ2v) is 6.18. The first-order chi connectivity index (χ1) is 10.5. The van der Waals surface area contributed by atoms with Crippen molar-refractivity contribution in [3.8, 4) is 5.75 Å². The molecular formula is C16H24Cl2N2O3. The predicted molar refractivity (Wildman–Crippen MR) is 93.6 cm³/mol. The number of ether oxygens (including phenoxy) is 2. The Hall–Kier alpha value is -1.01. The molecule has 1 fully saturated rings. The number of benzene rings is 1. The monoisotopic (exact) mass is 362 g/mol. The van der Waals surface area contributed by atoms with Crippen LogP contribution in [0.3, 0.4) is 0 Å². The zero-order valence-corrected chi connectivity index (χ0v) is 15.0. The fourth-order valence-electron chi connectivity index (χ4n) is 2.82. The van der Waals surface area contributed by atoms with Gasteiger partial charge < -0.3 is 20.5 Å². The third kappa shape index (κ3) is 4.73. The lowest BCUT2D eigenvalue weighted by Crippen LogP contribution is -2.48. The number of carbonyl (C=O) groups is 1. The minimum atomic E-state index is -0.529. The zero-order valence-electron chi connectivity index (χ0n) is 13.4. The maximum atomic E-state index is 11.9. The Bertz CT molecular complexity index is 532. The Labute approximate surface area is 148 Å². The minimum Gasteiger partial charge on any atom is -0.496 e. The number of nitrogens with two attached hydrogens (primary N) is 1. The highest BCUT2D eigenvalue weighted by Crippen LogP contribution is 2.40. The highest BCUT2D eigenvalue weighted by molar-refractivity contribution is 6.30. The number of hydrogen-bond acceptors (Lipinski definition) is 4. The van der Waals surface area contributed by atoms with Gasteiger partial charge in [0, 0.05) is 35.8 Å². The first kappa shape index (κ1) is 20.0. The van der Waals surface area contributed by atoms with Gasteiger partial charge in [0.05, 0.1) is 13.2 Å². The summed E-state index contributed by atoms with van der Waals surface area (Å²) in [6.45, 7) is 3.45. The summed E-state index contributed by atoms with van der Waals surface area (Å²) in [6.07, 6.45) is 1.59. The van der Waals surface area contributed by atoms with E-state index >= 15 is 0 Å². The van der Waals surface area contributed by atoms with Crippen LogP contribution in [0.25, 0.3) is 0 Å². The third-order valence-corrected chi connectivity index (χ3v) is 4.43. The molecule has 0 bridgehead atoms. The summed E-state index contributed by atoms with van der Waals surface area (Å²) in [6, 6.07) is 5.06. The summed E-state index contributed by atoms with van der Waals surface area (Å²) in [5, 5.41) is 3.60. The van der Waals surface area contributed by atoms with Gasteiger partial charge in [-0.2, -0.15) is 0 Å². The summed E-state index contributed by atoms with van der Waals surface area (Å²) < 4.78 is 11.0. The first-order valence-electron chi connectivity index (χ1n) is 7.43. The van der Waals surface area contributed by atoms with Crippen molar-refractivity contribution in [2.75, 3.05) is 26.9 Å². The number of hydrogen-bond donors (Lipinski definition) is 2. The van der Waals surface area contributed by atoms with Crippen molar-refractivity contribution in [3.63, 3.8) is 0 Å². The Morgan fingerprint density at radius 2 is 2.13 bits per heavy atom. The van der Waals surface area contributed by atoms with Gasteiger partial charge in [-0.3, -0.25) is 4.79 Å². The fraction of sp³-hybridized carbons (Fsp3) is 0.562. The molecule has 0 saturated carbocycles. The molecule has 1 heterocycles. The van der Waals surface area contributed by atoms with Crippen LogP contribution in [-0.4, -0.2) is 38.8 Å². The van der Waals surface area contributed by atoms with Crippen LogP contribution < -0.4 is 15.8 Å². The van der Waals surface area contributed by atoms with E-state index in [1.807, 2.05) is 12.1 Å². The summed E-state index contributed by atoms with van der Waals surface area (Å²) in [4.78, 5) is 11.9. The molecule has 1 aliphatic rings. The van der Waals surface area contributed by atoms with Crippen molar-refractivity contribution in [3.05, 3.63) is 28.8 Å². The van der Waals surface area contributed by atoms with E-state index in [-0.39, 0.29) is 23.7 Å². The maximum Gasteiger partial charge on any atom is 0.236 e. The van der Waals surface area contributed by atoms with Gasteiger partial charge in [0.15, 0.2) is 0 Å². The maximum absolute atomic E-state index is 11.9. The van der Waals surface area contributed by atoms with Crippen LogP contribution in [0.1, 0.15) is 25.3 Å². The van der Waals surface area contributed by atoms with Crippen LogP contribution in [0.15, 0.2) is 18.2 Å². The van der Waals surface area contributed by atoms with Crippen LogP contribution in [0.4, 0.5) is 0 Å². The van der Waals surface area contributed by atoms with Crippen LogP contribution in [0, 0.1) is 0 Å². The molecule has 1 aromatic carbocycles. The van der Waals surface area contributed by atoms with E-state index in [9.17, 15) is 4.79 Å². The minimum absolute atomic E-state index is 0. The average Bonchev–Trinajstić information content (AvgIpc) is 2.53. The van der Waals surface area contributed by atoms with Crippen LogP contribution in [0.5, 0.6) is 5.75 Å². The van der Waals surface area contributed by atoms with E-state index in [1.165, 1.54) is 0 Å². The molecule has 2 rings (SSSR count). The lowest BCUT2D eigenvalue weighted by molar-refractivity contribution is -0.122. The molecule has 1 aliphatic heterocycles. The summed E-state index contributed by atoms with van der Waals surface area (Å²) in [5.41, 5.74) is 6.39. The largest absolute Gasteiger partial charge is 0.496 e. The summed E-state index contributed by atoms with van der Waals surface area (Å²) in [5.74, 6) is 0.619. The number of rotatable bonds is 5. The molecule has 0 unspecified atom stereocenters. The molecule has 130 valence electrons. The third-order valence-electron chi connectivity index (χ3n) is 4.20. The van der Waals surface area contributed by atoms with Crippen molar-refractivity contribution < 1.29 is 14.3 Å². The Kier molecular flexibility index (Phi) is 7.61. The van der Waals surface area contributed by atoms with Crippen LogP contribution in [0.2, 0.25) is 5.02 Å². The standard InChI is InChI=1S/C16H23ClN2O3.ClH/c1-11(18)15(20)19-10-16(5-7-22-8-6-16)13-9-12(17)3-4-14(13)21-2;/h3-4,9,11H,5-8,10,18H2,1-2H3,(H,19,20);1H/t11-;/m1./s1. The smallest absolute Gasteiger partial charge is 0.236 e. The Morgan fingerprint density at radius 1 is 1.48 bits per heavy atom. The second kappa shape index (κ2) is 8.73. The van der Waals surface area contributed by atoms with Gasteiger partial charge in [-0.05, 0) is 38.0 Å². The summed E-state index contributed by atoms with van der Waals surface area (Å²) >= 11 is 6.17. The van der Waals surface area contributed by atoms with Crippen molar-refractivity contribution in [2.24, 2.45) is 5.73 Å². The van der Waals surface area contributed by atoms with Crippen molar-refractivity contribution >= 4 is 29.9 Å². The molecule has 0 spiro atoms. The molecule has 7 heteroatoms. The predicted octanol–water partition coefficient (Wildman–Crippen LogP) is 2.28. The van der Waals surface area contributed by atoms with E-state index in [2.05, 4.69) is 5.32 Å². The highest BCUT2D eigenvalue weighted by Gasteiger charge is 2.37. The first-order valence-corrected chi connectivity index (χ1v) is 7.81. The molecule has 0 radical (unpaired) electrons. The van der Waals surface area contributed by atoms with E-state index in [0.717, 1.165) is 24.2 Å². The Morgan fingerprint density at radius 3 is 2.70 bits per heavy atom. The van der Waals surface area contributed by atoms with E-state index in [0.29, 0.717) is 24.8 Å². The molecule has 3 N–H and O–H groups in total. The number of amides is 1. The number of halogens is 2. The molecule has 0 aliphatic carbocycles. The van der Waals surface area contributed by atoms with Crippen LogP contribution in [-0.2, 0) is 14.9 Å². The summed E-state index contributed by atoms with van der Waals surface area (Å²) in [7, 11) is 1.64. The zero-order chi connectivity index (χ0) is 16.2. The molecule has 1 saturated heterocycles. The molecule has 5 nitrogen and oxygen atoms in total. The average molecular weight is 363 g/mol. The normalized spacial score (nSPS) is 17.7. The highest BCUT2D eigenvalue weighted by atomic mass is 35.5. The second-order valence-electron chi connectivity index (χ2n) is 5.74. The molecule has 1 amide bonds. The van der Waals surface area contributed by atoms with Gasteiger partial charge in [-0.15, -0.1) is 12.4 Å². The molecule has 1 atom stereocenters. The van der Waals surface area contributed by atoms with E-state index in [1.54, 1.807) is 20.1 Å². The van der Waals surface area contributed by atoms with Gasteiger partial charge in [0.2, 0.25) is 5.91 Å². The van der Waals surface area contributed by atoms with Crippen molar-refractivity contribution in [1.82, 2.24) is 5.32 Å². The topological polar surface area (TPSA) is 73.6 Å². The lowest BCUT2D eigenvalue weighted by atomic mass is 9.73. The molecule has 0 aromatic heterocycles. The lowest BCUT2D eigenvalue weighted by Gasteiger charge is -2.38. The molecule has 1 aromatic rings. The van der Waals surface area contributed by atoms with Crippen LogP contribution >= 0.6 is 24.0 Å². The van der Waals surface area contributed by atoms with Crippen molar-refractivity contribution in [2.45, 2.75) is 31.2 Å². The molecule has 23 heavy (non-hydrogen) atoms. The fourth-order valence-corrected chi connectivity index (χ4v) is 2.99. The Balaban J connectivity index is 0.00000264. The molecular weight excluding hydrogens is 339 g/mol. The SMILES string of the molecule is COc1ccc(Cl)cc1C1(CNC(=O)[C@@H](C)N)CCOCC1.Cl. The number of nitrogens with one attached hydrogen (secondary N) is 1.